The van der Waals surface area contributed by atoms with E-state index in [4.69, 9.17) is 0 Å². The van der Waals surface area contributed by atoms with E-state index in [1.54, 1.807) is 4.90 Å². The minimum absolute atomic E-state index is 0.314. The van der Waals surface area contributed by atoms with Crippen molar-refractivity contribution >= 4 is 15.9 Å². The van der Waals surface area contributed by atoms with Crippen LogP contribution in [0.1, 0.15) is 0 Å². The van der Waals surface area contributed by atoms with Gasteiger partial charge < -0.3 is 10.2 Å². The van der Waals surface area contributed by atoms with Gasteiger partial charge in [-0.15, -0.1) is 0 Å². The average molecular weight is 301 g/mol. The van der Waals surface area contributed by atoms with Crippen LogP contribution in [-0.2, 0) is 14.8 Å². The molecule has 1 aliphatic heterocycles. The Morgan fingerprint density at radius 3 is 2.60 bits per heavy atom. The molecule has 2 N–H and O–H groups in total. The maximum Gasteiger partial charge on any atom is 0.243 e. The van der Waals surface area contributed by atoms with Crippen molar-refractivity contribution < 1.29 is 17.6 Å². The van der Waals surface area contributed by atoms with Crippen molar-refractivity contribution in [1.29, 1.82) is 0 Å². The summed E-state index contributed by atoms with van der Waals surface area (Å²) in [5, 5.41) is 3.09. The molecule has 1 fully saturated rings. The summed E-state index contributed by atoms with van der Waals surface area (Å²) in [7, 11) is -4.01. The first-order valence-corrected chi connectivity index (χ1v) is 7.72. The molecule has 1 aliphatic rings. The zero-order valence-corrected chi connectivity index (χ0v) is 11.6. The van der Waals surface area contributed by atoms with Crippen LogP contribution in [0, 0.1) is 5.82 Å². The first kappa shape index (κ1) is 14.9. The molecule has 6 nitrogen and oxygen atoms in total. The number of carbonyl (C=O) groups is 1. The van der Waals surface area contributed by atoms with Crippen molar-refractivity contribution in [2.24, 2.45) is 0 Å². The van der Waals surface area contributed by atoms with Crippen molar-refractivity contribution in [1.82, 2.24) is 14.9 Å². The standard InChI is InChI=1S/C12H16FN3O3S/c13-10-3-1-2-4-11(10)20(18,19)15-9-12(17)16-7-5-14-6-8-16/h1-4,14-15H,5-9H2. The largest absolute Gasteiger partial charge is 0.339 e. The average Bonchev–Trinajstić information content (AvgIpc) is 2.46. The summed E-state index contributed by atoms with van der Waals surface area (Å²) in [4.78, 5) is 13.0. The Balaban J connectivity index is 1.99. The van der Waals surface area contributed by atoms with Crippen molar-refractivity contribution in [2.75, 3.05) is 32.7 Å². The number of sulfonamides is 1. The fourth-order valence-electron chi connectivity index (χ4n) is 1.92. The van der Waals surface area contributed by atoms with Gasteiger partial charge in [-0.1, -0.05) is 12.1 Å². The van der Waals surface area contributed by atoms with Crippen LogP contribution in [0.25, 0.3) is 0 Å². The van der Waals surface area contributed by atoms with Crippen LogP contribution < -0.4 is 10.0 Å². The fourth-order valence-corrected chi connectivity index (χ4v) is 2.97. The topological polar surface area (TPSA) is 78.5 Å². The molecular formula is C12H16FN3O3S. The lowest BCUT2D eigenvalue weighted by Crippen LogP contribution is -2.49. The monoisotopic (exact) mass is 301 g/mol. The predicted molar refractivity (Wildman–Crippen MR) is 71.0 cm³/mol. The number of benzene rings is 1. The first-order chi connectivity index (χ1) is 9.50. The molecule has 1 heterocycles. The van der Waals surface area contributed by atoms with Gasteiger partial charge in [0, 0.05) is 26.2 Å². The molecule has 1 amide bonds. The maximum atomic E-state index is 13.4. The van der Waals surface area contributed by atoms with Crippen LogP contribution in [0.15, 0.2) is 29.2 Å². The Hall–Kier alpha value is -1.51. The number of nitrogens with zero attached hydrogens (tertiary/aromatic N) is 1. The van der Waals surface area contributed by atoms with E-state index in [0.29, 0.717) is 26.2 Å². The van der Waals surface area contributed by atoms with E-state index < -0.39 is 20.7 Å². The van der Waals surface area contributed by atoms with Gasteiger partial charge in [-0.25, -0.2) is 17.5 Å². The highest BCUT2D eigenvalue weighted by Crippen LogP contribution is 2.12. The number of nitrogens with one attached hydrogen (secondary N) is 2. The predicted octanol–water partition coefficient (Wildman–Crippen LogP) is -0.464. The highest BCUT2D eigenvalue weighted by Gasteiger charge is 2.22. The van der Waals surface area contributed by atoms with Crippen LogP contribution in [0.5, 0.6) is 0 Å². The third kappa shape index (κ3) is 3.53. The second-order valence-electron chi connectivity index (χ2n) is 4.39. The van der Waals surface area contributed by atoms with E-state index in [0.717, 1.165) is 12.1 Å². The zero-order chi connectivity index (χ0) is 14.6. The summed E-state index contributed by atoms with van der Waals surface area (Å²) < 4.78 is 39.4. The summed E-state index contributed by atoms with van der Waals surface area (Å²) in [5.74, 6) is -1.15. The molecule has 0 unspecified atom stereocenters. The normalized spacial score (nSPS) is 16.1. The molecule has 1 saturated heterocycles. The number of hydrogen-bond acceptors (Lipinski definition) is 4. The molecule has 0 aliphatic carbocycles. The van der Waals surface area contributed by atoms with E-state index in [1.165, 1.54) is 12.1 Å². The molecular weight excluding hydrogens is 285 g/mol. The smallest absolute Gasteiger partial charge is 0.243 e. The molecule has 0 spiro atoms. The summed E-state index contributed by atoms with van der Waals surface area (Å²) in [6, 6.07) is 5.05. The molecule has 0 saturated carbocycles. The van der Waals surface area contributed by atoms with Gasteiger partial charge in [0.05, 0.1) is 6.54 Å². The van der Waals surface area contributed by atoms with Gasteiger partial charge in [-0.3, -0.25) is 4.79 Å². The number of carbonyl (C=O) groups excluding carboxylic acids is 1. The number of amides is 1. The summed E-state index contributed by atoms with van der Waals surface area (Å²) in [5.41, 5.74) is 0. The van der Waals surface area contributed by atoms with Gasteiger partial charge in [0.15, 0.2) is 0 Å². The van der Waals surface area contributed by atoms with Crippen molar-refractivity contribution in [2.45, 2.75) is 4.90 Å². The Morgan fingerprint density at radius 1 is 1.30 bits per heavy atom. The summed E-state index contributed by atoms with van der Waals surface area (Å²) in [6.45, 7) is 2.09. The molecule has 20 heavy (non-hydrogen) atoms. The molecule has 110 valence electrons. The first-order valence-electron chi connectivity index (χ1n) is 6.23. The fraction of sp³-hybridized carbons (Fsp3) is 0.417. The second kappa shape index (κ2) is 6.29. The van der Waals surface area contributed by atoms with Crippen LogP contribution >= 0.6 is 0 Å². The van der Waals surface area contributed by atoms with Crippen molar-refractivity contribution in [3.63, 3.8) is 0 Å². The third-order valence-electron chi connectivity index (χ3n) is 3.01. The molecule has 0 radical (unpaired) electrons. The van der Waals surface area contributed by atoms with E-state index in [1.807, 2.05) is 0 Å². The number of hydrogen-bond donors (Lipinski definition) is 2. The summed E-state index contributed by atoms with van der Waals surface area (Å²) in [6.07, 6.45) is 0. The molecule has 8 heteroatoms. The quantitative estimate of drug-likeness (QED) is 0.788. The lowest BCUT2D eigenvalue weighted by atomic mass is 10.3. The Morgan fingerprint density at radius 2 is 1.95 bits per heavy atom. The molecule has 1 aromatic rings. The van der Waals surface area contributed by atoms with E-state index in [9.17, 15) is 17.6 Å². The lowest BCUT2D eigenvalue weighted by Gasteiger charge is -2.27. The molecule has 2 rings (SSSR count). The molecule has 0 aromatic heterocycles. The van der Waals surface area contributed by atoms with Crippen LogP contribution in [0.4, 0.5) is 4.39 Å². The Kier molecular flexibility index (Phi) is 4.69. The maximum absolute atomic E-state index is 13.4. The van der Waals surface area contributed by atoms with Crippen LogP contribution in [0.2, 0.25) is 0 Å². The minimum Gasteiger partial charge on any atom is -0.339 e. The van der Waals surface area contributed by atoms with E-state index in [-0.39, 0.29) is 12.5 Å². The summed E-state index contributed by atoms with van der Waals surface area (Å²) >= 11 is 0. The number of halogens is 1. The van der Waals surface area contributed by atoms with Gasteiger partial charge in [0.2, 0.25) is 15.9 Å². The van der Waals surface area contributed by atoms with Crippen LogP contribution in [-0.4, -0.2) is 51.9 Å². The van der Waals surface area contributed by atoms with Gasteiger partial charge in [0.1, 0.15) is 10.7 Å². The van der Waals surface area contributed by atoms with Crippen molar-refractivity contribution in [3.8, 4) is 0 Å². The SMILES string of the molecule is O=C(CNS(=O)(=O)c1ccccc1F)N1CCNCC1. The Labute approximate surface area is 117 Å². The molecule has 0 atom stereocenters. The number of rotatable bonds is 4. The van der Waals surface area contributed by atoms with Gasteiger partial charge in [-0.05, 0) is 12.1 Å². The molecule has 1 aromatic carbocycles. The minimum atomic E-state index is -4.01. The highest BCUT2D eigenvalue weighted by molar-refractivity contribution is 7.89. The lowest BCUT2D eigenvalue weighted by molar-refractivity contribution is -0.130. The van der Waals surface area contributed by atoms with E-state index in [2.05, 4.69) is 10.0 Å². The second-order valence-corrected chi connectivity index (χ2v) is 6.12. The van der Waals surface area contributed by atoms with Gasteiger partial charge in [-0.2, -0.15) is 0 Å². The Bertz CT molecular complexity index is 585. The van der Waals surface area contributed by atoms with Crippen molar-refractivity contribution in [3.05, 3.63) is 30.1 Å². The highest BCUT2D eigenvalue weighted by atomic mass is 32.2. The zero-order valence-electron chi connectivity index (χ0n) is 10.8. The number of piperazine rings is 1. The van der Waals surface area contributed by atoms with Gasteiger partial charge >= 0.3 is 0 Å². The third-order valence-corrected chi connectivity index (χ3v) is 4.44. The molecule has 0 bridgehead atoms. The van der Waals surface area contributed by atoms with Crippen LogP contribution in [0.3, 0.4) is 0 Å². The van der Waals surface area contributed by atoms with E-state index >= 15 is 0 Å². The van der Waals surface area contributed by atoms with Gasteiger partial charge in [0.25, 0.3) is 0 Å².